The maximum absolute atomic E-state index is 14.5. The van der Waals surface area contributed by atoms with Crippen molar-refractivity contribution < 1.29 is 18.7 Å². The number of H-pyrrole nitrogens is 1. The third-order valence-electron chi connectivity index (χ3n) is 5.73. The lowest BCUT2D eigenvalue weighted by Gasteiger charge is -2.12. The van der Waals surface area contributed by atoms with Gasteiger partial charge in [0.05, 0.1) is 22.5 Å². The van der Waals surface area contributed by atoms with Gasteiger partial charge in [0.15, 0.2) is 0 Å². The van der Waals surface area contributed by atoms with Crippen molar-refractivity contribution in [2.75, 3.05) is 0 Å². The van der Waals surface area contributed by atoms with Gasteiger partial charge >= 0.3 is 5.97 Å². The first-order valence-electron chi connectivity index (χ1n) is 10.2. The van der Waals surface area contributed by atoms with E-state index in [4.69, 9.17) is 11.6 Å². The van der Waals surface area contributed by atoms with E-state index in [1.54, 1.807) is 18.2 Å². The summed E-state index contributed by atoms with van der Waals surface area (Å²) >= 11 is 6.49. The molecule has 5 aromatic rings. The predicted octanol–water partition coefficient (Wildman–Crippen LogP) is 5.53. The lowest BCUT2D eigenvalue weighted by atomic mass is 10.0. The lowest BCUT2D eigenvalue weighted by Crippen LogP contribution is -2.14. The van der Waals surface area contributed by atoms with Crippen LogP contribution in [0.2, 0.25) is 5.02 Å². The molecule has 0 radical (unpaired) electrons. The molecule has 0 saturated heterocycles. The smallest absolute Gasteiger partial charge is 0.353 e. The van der Waals surface area contributed by atoms with Crippen LogP contribution in [0.5, 0.6) is 0 Å². The van der Waals surface area contributed by atoms with Crippen LogP contribution < -0.4 is 5.56 Å². The van der Waals surface area contributed by atoms with Crippen LogP contribution >= 0.6 is 11.6 Å². The molecule has 0 unspecified atom stereocenters. The Kier molecular flexibility index (Phi) is 5.17. The monoisotopic (exact) mass is 479 g/mol. The number of aromatic nitrogens is 3. The van der Waals surface area contributed by atoms with Gasteiger partial charge in [-0.2, -0.15) is 0 Å². The van der Waals surface area contributed by atoms with Crippen molar-refractivity contribution in [1.82, 2.24) is 14.5 Å². The number of carboxylic acid groups (broad SMARTS) is 1. The molecule has 0 fully saturated rings. The van der Waals surface area contributed by atoms with Crippen molar-refractivity contribution >= 4 is 39.4 Å². The van der Waals surface area contributed by atoms with Crippen molar-refractivity contribution in [3.63, 3.8) is 0 Å². The van der Waals surface area contributed by atoms with Gasteiger partial charge in [0, 0.05) is 52.1 Å². The number of rotatable bonds is 4. The van der Waals surface area contributed by atoms with Gasteiger partial charge in [0.1, 0.15) is 17.3 Å². The highest BCUT2D eigenvalue weighted by Crippen LogP contribution is 2.36. The molecule has 0 spiro atoms. The Hall–Kier alpha value is -4.04. The Morgan fingerprint density at radius 1 is 1.21 bits per heavy atom. The molecule has 34 heavy (non-hydrogen) atoms. The molecule has 3 heterocycles. The van der Waals surface area contributed by atoms with E-state index in [1.807, 2.05) is 19.1 Å². The second kappa shape index (κ2) is 8.07. The zero-order valence-electron chi connectivity index (χ0n) is 17.7. The zero-order chi connectivity index (χ0) is 24.1. The molecular formula is C25H16ClF2N3O3. The summed E-state index contributed by atoms with van der Waals surface area (Å²) in [7, 11) is 0. The lowest BCUT2D eigenvalue weighted by molar-refractivity contribution is 0.0687. The third kappa shape index (κ3) is 3.43. The molecule has 0 aliphatic rings. The minimum atomic E-state index is -1.25. The fraction of sp³-hybridized carbons (Fsp3) is 0.0800. The van der Waals surface area contributed by atoms with Crippen molar-refractivity contribution in [1.29, 1.82) is 0 Å². The summed E-state index contributed by atoms with van der Waals surface area (Å²) in [6.07, 6.45) is 2.83. The van der Waals surface area contributed by atoms with Crippen LogP contribution in [0.3, 0.4) is 0 Å². The molecule has 0 bridgehead atoms. The normalized spacial score (nSPS) is 11.4. The van der Waals surface area contributed by atoms with Gasteiger partial charge in [-0.05, 0) is 31.2 Å². The maximum Gasteiger partial charge on any atom is 0.353 e. The first kappa shape index (κ1) is 21.8. The second-order valence-corrected chi connectivity index (χ2v) is 8.31. The number of fused-ring (bicyclic) bond motifs is 2. The summed E-state index contributed by atoms with van der Waals surface area (Å²) in [6, 6.07) is 10.4. The first-order chi connectivity index (χ1) is 16.3. The van der Waals surface area contributed by atoms with Crippen LogP contribution in [-0.2, 0) is 6.54 Å². The number of pyridine rings is 2. The highest BCUT2D eigenvalue weighted by atomic mass is 35.5. The Balaban J connectivity index is 1.81. The number of hydrogen-bond acceptors (Lipinski definition) is 3. The molecule has 0 aliphatic carbocycles. The van der Waals surface area contributed by atoms with Gasteiger partial charge in [0.25, 0.3) is 5.56 Å². The fourth-order valence-corrected chi connectivity index (χ4v) is 4.57. The van der Waals surface area contributed by atoms with Crippen LogP contribution in [0.15, 0.2) is 59.7 Å². The highest BCUT2D eigenvalue weighted by molar-refractivity contribution is 6.36. The molecule has 5 rings (SSSR count). The number of carbonyl (C=O) groups is 1. The number of carboxylic acids is 1. The molecule has 6 nitrogen and oxygen atoms in total. The van der Waals surface area contributed by atoms with E-state index in [9.17, 15) is 23.5 Å². The molecular weight excluding hydrogens is 464 g/mol. The van der Waals surface area contributed by atoms with Gasteiger partial charge in [-0.1, -0.05) is 23.2 Å². The van der Waals surface area contributed by atoms with Crippen molar-refractivity contribution in [3.05, 3.63) is 98.7 Å². The predicted molar refractivity (Wildman–Crippen MR) is 125 cm³/mol. The number of benzene rings is 2. The van der Waals surface area contributed by atoms with E-state index in [2.05, 4.69) is 9.97 Å². The SMILES string of the molecule is Cc1ccc2c(c1)c(-c1ccc[nH]c1=O)c(C(=O)O)n2Cc1cnc2cc(F)cc(F)c2c1Cl. The number of hydrogen-bond donors (Lipinski definition) is 2. The van der Waals surface area contributed by atoms with Gasteiger partial charge in [-0.3, -0.25) is 9.78 Å². The second-order valence-electron chi connectivity index (χ2n) is 7.93. The molecule has 0 aliphatic heterocycles. The average molecular weight is 480 g/mol. The van der Waals surface area contributed by atoms with Gasteiger partial charge in [-0.15, -0.1) is 0 Å². The number of nitrogens with one attached hydrogen (secondary N) is 1. The molecule has 9 heteroatoms. The Morgan fingerprint density at radius 2 is 2.00 bits per heavy atom. The summed E-state index contributed by atoms with van der Waals surface area (Å²) in [5.74, 6) is -2.89. The number of aryl methyl sites for hydroxylation is 1. The van der Waals surface area contributed by atoms with Crippen LogP contribution in [0.1, 0.15) is 21.6 Å². The topological polar surface area (TPSA) is 88.0 Å². The summed E-state index contributed by atoms with van der Waals surface area (Å²) < 4.78 is 29.6. The van der Waals surface area contributed by atoms with Gasteiger partial charge in [0.2, 0.25) is 0 Å². The van der Waals surface area contributed by atoms with Gasteiger partial charge in [-0.25, -0.2) is 13.6 Å². The minimum absolute atomic E-state index is 0.00640. The quantitative estimate of drug-likeness (QED) is 0.354. The van der Waals surface area contributed by atoms with Crippen LogP contribution in [0, 0.1) is 18.6 Å². The fourth-order valence-electron chi connectivity index (χ4n) is 4.27. The number of nitrogens with zero attached hydrogens (tertiary/aromatic N) is 2. The molecule has 0 saturated carbocycles. The van der Waals surface area contributed by atoms with E-state index < -0.39 is 23.2 Å². The van der Waals surface area contributed by atoms with E-state index in [0.29, 0.717) is 16.5 Å². The maximum atomic E-state index is 14.5. The first-order valence-corrected chi connectivity index (χ1v) is 10.6. The molecule has 170 valence electrons. The van der Waals surface area contributed by atoms with Crippen molar-refractivity contribution in [2.45, 2.75) is 13.5 Å². The Morgan fingerprint density at radius 3 is 2.74 bits per heavy atom. The van der Waals surface area contributed by atoms with E-state index >= 15 is 0 Å². The summed E-state index contributed by atoms with van der Waals surface area (Å²) in [6.45, 7) is 1.80. The summed E-state index contributed by atoms with van der Waals surface area (Å²) in [5, 5.41) is 10.7. The summed E-state index contributed by atoms with van der Waals surface area (Å²) in [5.41, 5.74) is 1.75. The van der Waals surface area contributed by atoms with E-state index in [1.165, 1.54) is 17.0 Å². The summed E-state index contributed by atoms with van der Waals surface area (Å²) in [4.78, 5) is 31.8. The molecule has 2 aromatic carbocycles. The van der Waals surface area contributed by atoms with Crippen LogP contribution in [0.4, 0.5) is 8.78 Å². The number of halogens is 3. The van der Waals surface area contributed by atoms with Crippen molar-refractivity contribution in [2.24, 2.45) is 0 Å². The molecule has 3 aromatic heterocycles. The minimum Gasteiger partial charge on any atom is -0.477 e. The van der Waals surface area contributed by atoms with Crippen molar-refractivity contribution in [3.8, 4) is 11.1 Å². The van der Waals surface area contributed by atoms with E-state index in [0.717, 1.165) is 17.7 Å². The molecule has 0 amide bonds. The highest BCUT2D eigenvalue weighted by Gasteiger charge is 2.26. The number of aromatic carboxylic acids is 1. The molecule has 0 atom stereocenters. The number of aromatic amines is 1. The Bertz CT molecular complexity index is 1690. The zero-order valence-corrected chi connectivity index (χ0v) is 18.5. The van der Waals surface area contributed by atoms with Crippen LogP contribution in [-0.4, -0.2) is 25.6 Å². The van der Waals surface area contributed by atoms with Crippen LogP contribution in [0.25, 0.3) is 32.9 Å². The Labute approximate surface area is 196 Å². The molecule has 2 N–H and O–H groups in total. The van der Waals surface area contributed by atoms with Gasteiger partial charge < -0.3 is 14.7 Å². The third-order valence-corrected chi connectivity index (χ3v) is 6.16. The average Bonchev–Trinajstić information content (AvgIpc) is 3.08. The standard InChI is InChI=1S/C25H16ClF2N3O3/c1-12-4-5-19-16(7-12)20(15-3-2-6-29-24(15)32)23(25(33)34)31(19)11-13-10-30-18-9-14(27)8-17(28)21(18)22(13)26/h2-10H,11H2,1H3,(H,29,32)(H,33,34). The van der Waals surface area contributed by atoms with E-state index in [-0.39, 0.29) is 39.3 Å². The largest absolute Gasteiger partial charge is 0.477 e.